The zero-order valence-corrected chi connectivity index (χ0v) is 17.6. The first-order valence-electron chi connectivity index (χ1n) is 10.9. The molecule has 160 valence electrons. The van der Waals surface area contributed by atoms with Crippen LogP contribution in [0.25, 0.3) is 11.4 Å². The first-order valence-corrected chi connectivity index (χ1v) is 10.9. The van der Waals surface area contributed by atoms with Crippen LogP contribution in [0.15, 0.2) is 53.6 Å². The molecule has 4 heterocycles. The van der Waals surface area contributed by atoms with Crippen molar-refractivity contribution in [2.24, 2.45) is 5.92 Å². The molecule has 1 fully saturated rings. The molecule has 3 aromatic rings. The van der Waals surface area contributed by atoms with Crippen LogP contribution in [0, 0.1) is 5.92 Å². The number of carbonyl (C=O) groups is 1. The van der Waals surface area contributed by atoms with Gasteiger partial charge in [-0.2, -0.15) is 0 Å². The second-order valence-electron chi connectivity index (χ2n) is 8.38. The lowest BCUT2D eigenvalue weighted by molar-refractivity contribution is -0.133. The maximum absolute atomic E-state index is 13.1. The number of aromatic amines is 1. The Labute approximate surface area is 180 Å². The van der Waals surface area contributed by atoms with Gasteiger partial charge in [0.25, 0.3) is 5.56 Å². The van der Waals surface area contributed by atoms with Gasteiger partial charge in [0.05, 0.1) is 18.6 Å². The second-order valence-corrected chi connectivity index (χ2v) is 8.38. The van der Waals surface area contributed by atoms with Crippen LogP contribution in [0.4, 0.5) is 0 Å². The highest BCUT2D eigenvalue weighted by atomic mass is 16.5. The van der Waals surface area contributed by atoms with Gasteiger partial charge in [0.15, 0.2) is 0 Å². The molecule has 5 rings (SSSR count). The Hall–Kier alpha value is -3.35. The molecular formula is C24H26N4O3. The van der Waals surface area contributed by atoms with E-state index in [0.717, 1.165) is 23.4 Å². The second kappa shape index (κ2) is 8.06. The monoisotopic (exact) mass is 418 g/mol. The first kappa shape index (κ1) is 19.6. The molecule has 7 nitrogen and oxygen atoms in total. The highest BCUT2D eigenvalue weighted by molar-refractivity contribution is 5.79. The molecule has 7 heteroatoms. The number of imidazole rings is 1. The summed E-state index contributed by atoms with van der Waals surface area (Å²) >= 11 is 0. The van der Waals surface area contributed by atoms with Crippen LogP contribution in [0.1, 0.15) is 30.5 Å². The highest BCUT2D eigenvalue weighted by Crippen LogP contribution is 2.35. The minimum absolute atomic E-state index is 0.00341. The van der Waals surface area contributed by atoms with E-state index in [2.05, 4.69) is 9.97 Å². The van der Waals surface area contributed by atoms with Crippen molar-refractivity contribution in [3.63, 3.8) is 0 Å². The van der Waals surface area contributed by atoms with Crippen LogP contribution < -0.4 is 10.3 Å². The van der Waals surface area contributed by atoms with Crippen molar-refractivity contribution >= 4 is 5.91 Å². The molecule has 2 atom stereocenters. The third kappa shape index (κ3) is 3.76. The molecule has 31 heavy (non-hydrogen) atoms. The minimum Gasteiger partial charge on any atom is -0.494 e. The number of fused-ring (bicyclic) bond motifs is 4. The number of ether oxygens (including phenoxy) is 1. The van der Waals surface area contributed by atoms with Crippen molar-refractivity contribution in [2.45, 2.75) is 32.2 Å². The predicted molar refractivity (Wildman–Crippen MR) is 117 cm³/mol. The van der Waals surface area contributed by atoms with Crippen LogP contribution in [-0.4, -0.2) is 45.0 Å². The van der Waals surface area contributed by atoms with Crippen molar-refractivity contribution in [1.82, 2.24) is 19.4 Å². The molecule has 2 bridgehead atoms. The van der Waals surface area contributed by atoms with Crippen molar-refractivity contribution in [3.05, 3.63) is 70.4 Å². The quantitative estimate of drug-likeness (QED) is 0.691. The Morgan fingerprint density at radius 2 is 2.00 bits per heavy atom. The lowest BCUT2D eigenvalue weighted by atomic mass is 9.82. The zero-order valence-electron chi connectivity index (χ0n) is 17.6. The number of nitrogens with one attached hydrogen (secondary N) is 1. The summed E-state index contributed by atoms with van der Waals surface area (Å²) in [5.74, 6) is 2.04. The summed E-state index contributed by atoms with van der Waals surface area (Å²) < 4.78 is 7.37. The van der Waals surface area contributed by atoms with Gasteiger partial charge in [0.1, 0.15) is 11.6 Å². The first-order chi connectivity index (χ1) is 15.1. The van der Waals surface area contributed by atoms with Gasteiger partial charge >= 0.3 is 0 Å². The van der Waals surface area contributed by atoms with Gasteiger partial charge in [-0.3, -0.25) is 9.59 Å². The molecule has 2 aliphatic heterocycles. The van der Waals surface area contributed by atoms with Gasteiger partial charge < -0.3 is 19.2 Å². The number of rotatable bonds is 5. The maximum Gasteiger partial charge on any atom is 0.261 e. The molecule has 2 aromatic heterocycles. The van der Waals surface area contributed by atoms with Crippen LogP contribution in [0.2, 0.25) is 0 Å². The number of H-pyrrole nitrogens is 1. The number of nitrogens with zero attached hydrogens (tertiary/aromatic N) is 3. The van der Waals surface area contributed by atoms with Gasteiger partial charge in [-0.25, -0.2) is 4.98 Å². The van der Waals surface area contributed by atoms with Crippen LogP contribution in [-0.2, 0) is 17.8 Å². The lowest BCUT2D eigenvalue weighted by Gasteiger charge is -2.43. The molecule has 1 N–H and O–H groups in total. The molecule has 0 aliphatic carbocycles. The Bertz CT molecular complexity index is 1130. The van der Waals surface area contributed by atoms with Crippen LogP contribution in [0.3, 0.4) is 0 Å². The van der Waals surface area contributed by atoms with Gasteiger partial charge in [-0.1, -0.05) is 12.1 Å². The summed E-state index contributed by atoms with van der Waals surface area (Å²) in [5, 5.41) is 0. The van der Waals surface area contributed by atoms with E-state index in [1.165, 1.54) is 0 Å². The van der Waals surface area contributed by atoms with Crippen molar-refractivity contribution in [2.75, 3.05) is 19.7 Å². The van der Waals surface area contributed by atoms with Crippen LogP contribution in [0.5, 0.6) is 5.75 Å². The fourth-order valence-corrected chi connectivity index (χ4v) is 4.90. The SMILES string of the molecule is CCOc1ccc(CC(=O)N2C[C@@H]3C[C@H](C2)c2ccc(-c4ncc[nH]4)c(=O)n2C3)cc1. The summed E-state index contributed by atoms with van der Waals surface area (Å²) in [7, 11) is 0. The van der Waals surface area contributed by atoms with E-state index >= 15 is 0 Å². The standard InChI is InChI=1S/C24H26N4O3/c1-2-31-19-5-3-16(4-6-19)12-22(29)27-13-17-11-18(15-27)21-8-7-20(23-25-9-10-26-23)24(30)28(21)14-17/h3-10,17-18H,2,11-15H2,1H3,(H,25,26)/t17-,18+/m0/s1. The number of amides is 1. The predicted octanol–water partition coefficient (Wildman–Crippen LogP) is 2.83. The van der Waals surface area contributed by atoms with E-state index in [1.807, 2.05) is 52.8 Å². The number of likely N-dealkylation sites (tertiary alicyclic amines) is 1. The Morgan fingerprint density at radius 3 is 2.74 bits per heavy atom. The third-order valence-electron chi connectivity index (χ3n) is 6.30. The largest absolute Gasteiger partial charge is 0.494 e. The number of carbonyl (C=O) groups excluding carboxylic acids is 1. The molecule has 0 spiro atoms. The highest BCUT2D eigenvalue weighted by Gasteiger charge is 2.36. The zero-order chi connectivity index (χ0) is 21.4. The fourth-order valence-electron chi connectivity index (χ4n) is 4.90. The molecule has 0 radical (unpaired) electrons. The molecule has 1 aromatic carbocycles. The number of aromatic nitrogens is 3. The summed E-state index contributed by atoms with van der Waals surface area (Å²) in [6.07, 6.45) is 4.78. The topological polar surface area (TPSA) is 80.2 Å². The van der Waals surface area contributed by atoms with Gasteiger partial charge in [0, 0.05) is 43.6 Å². The van der Waals surface area contributed by atoms with E-state index in [0.29, 0.717) is 50.0 Å². The number of pyridine rings is 1. The number of hydrogen-bond acceptors (Lipinski definition) is 4. The van der Waals surface area contributed by atoms with Gasteiger partial charge in [-0.15, -0.1) is 0 Å². The van der Waals surface area contributed by atoms with E-state index in [9.17, 15) is 9.59 Å². The molecule has 2 aliphatic rings. The summed E-state index contributed by atoms with van der Waals surface area (Å²) in [5.41, 5.74) is 2.60. The van der Waals surface area contributed by atoms with E-state index in [-0.39, 0.29) is 17.4 Å². The summed E-state index contributed by atoms with van der Waals surface area (Å²) in [6, 6.07) is 11.6. The van der Waals surface area contributed by atoms with Crippen molar-refractivity contribution in [1.29, 1.82) is 0 Å². The lowest BCUT2D eigenvalue weighted by Crippen LogP contribution is -2.49. The minimum atomic E-state index is -0.00341. The molecule has 0 saturated carbocycles. The van der Waals surface area contributed by atoms with E-state index < -0.39 is 0 Å². The Kier molecular flexibility index (Phi) is 5.10. The number of piperidine rings is 1. The van der Waals surface area contributed by atoms with Gasteiger partial charge in [0.2, 0.25) is 5.91 Å². The molecule has 1 saturated heterocycles. The average molecular weight is 418 g/mol. The van der Waals surface area contributed by atoms with Crippen molar-refractivity contribution < 1.29 is 9.53 Å². The van der Waals surface area contributed by atoms with Crippen LogP contribution >= 0.6 is 0 Å². The fraction of sp³-hybridized carbons (Fsp3) is 0.375. The normalized spacial score (nSPS) is 19.7. The van der Waals surface area contributed by atoms with E-state index in [1.54, 1.807) is 12.4 Å². The average Bonchev–Trinajstić information content (AvgIpc) is 3.30. The van der Waals surface area contributed by atoms with E-state index in [4.69, 9.17) is 4.74 Å². The summed E-state index contributed by atoms with van der Waals surface area (Å²) in [6.45, 7) is 4.58. The number of benzene rings is 1. The molecule has 0 unspecified atom stereocenters. The molecular weight excluding hydrogens is 392 g/mol. The van der Waals surface area contributed by atoms with Crippen molar-refractivity contribution in [3.8, 4) is 17.1 Å². The maximum atomic E-state index is 13.1. The Balaban J connectivity index is 1.33. The van der Waals surface area contributed by atoms with Gasteiger partial charge in [-0.05, 0) is 49.1 Å². The number of hydrogen-bond donors (Lipinski definition) is 1. The third-order valence-corrected chi connectivity index (χ3v) is 6.30. The smallest absolute Gasteiger partial charge is 0.261 e. The Morgan fingerprint density at radius 1 is 1.16 bits per heavy atom. The molecule has 1 amide bonds. The summed E-state index contributed by atoms with van der Waals surface area (Å²) in [4.78, 5) is 35.3.